The Morgan fingerprint density at radius 3 is 3.04 bits per heavy atom. The molecule has 0 aromatic carbocycles. The molecule has 1 atom stereocenters. The molecule has 0 bridgehead atoms. The van der Waals surface area contributed by atoms with Gasteiger partial charge in [-0.25, -0.2) is 9.78 Å². The highest BCUT2D eigenvalue weighted by atomic mass is 16.5. The Morgan fingerprint density at radius 2 is 2.36 bits per heavy atom. The molecule has 3 N–H and O–H groups in total. The van der Waals surface area contributed by atoms with Gasteiger partial charge in [0.05, 0.1) is 18.8 Å². The summed E-state index contributed by atoms with van der Waals surface area (Å²) in [7, 11) is 1.40. The Kier molecular flexibility index (Phi) is 5.89. The van der Waals surface area contributed by atoms with Gasteiger partial charge in [0.1, 0.15) is 6.54 Å². The third-order valence-electron chi connectivity index (χ3n) is 3.69. The molecule has 0 saturated carbocycles. The van der Waals surface area contributed by atoms with E-state index in [-0.39, 0.29) is 24.4 Å². The number of fused-ring (bicyclic) bond motifs is 1. The second-order valence-electron chi connectivity index (χ2n) is 5.40. The molecule has 1 aromatic heterocycles. The number of nitrogens with one attached hydrogen (secondary N) is 3. The second-order valence-corrected chi connectivity index (χ2v) is 5.40. The third-order valence-corrected chi connectivity index (χ3v) is 3.69. The zero-order chi connectivity index (χ0) is 18.4. The lowest BCUT2D eigenvalue weighted by Gasteiger charge is -2.29. The zero-order valence-corrected chi connectivity index (χ0v) is 14.2. The molecule has 0 spiro atoms. The molecule has 3 amide bonds. The molecule has 25 heavy (non-hydrogen) atoms. The Bertz CT molecular complexity index is 729. The summed E-state index contributed by atoms with van der Waals surface area (Å²) in [5, 5.41) is 13.0. The van der Waals surface area contributed by atoms with Gasteiger partial charge in [0, 0.05) is 6.20 Å². The highest BCUT2D eigenvalue weighted by Gasteiger charge is 2.29. The van der Waals surface area contributed by atoms with Crippen LogP contribution in [0.15, 0.2) is 42.6 Å². The predicted octanol–water partition coefficient (Wildman–Crippen LogP) is 2.06. The van der Waals surface area contributed by atoms with E-state index in [0.29, 0.717) is 23.5 Å². The van der Waals surface area contributed by atoms with Crippen LogP contribution < -0.4 is 15.5 Å². The minimum absolute atomic E-state index is 0.00633. The number of carbonyl (C=O) groups is 2. The van der Waals surface area contributed by atoms with Gasteiger partial charge >= 0.3 is 6.03 Å². The number of anilines is 2. The van der Waals surface area contributed by atoms with Gasteiger partial charge in [-0.1, -0.05) is 19.6 Å². The molecule has 0 fully saturated rings. The van der Waals surface area contributed by atoms with Crippen LogP contribution in [0.1, 0.15) is 13.3 Å². The molecule has 0 aliphatic carbocycles. The second kappa shape index (κ2) is 8.09. The molecule has 1 unspecified atom stereocenters. The molecule has 132 valence electrons. The Morgan fingerprint density at radius 1 is 1.60 bits per heavy atom. The van der Waals surface area contributed by atoms with Gasteiger partial charge in [0.15, 0.2) is 5.82 Å². The maximum Gasteiger partial charge on any atom is 0.324 e. The first-order valence-electron chi connectivity index (χ1n) is 7.78. The van der Waals surface area contributed by atoms with Crippen LogP contribution in [0.25, 0.3) is 0 Å². The summed E-state index contributed by atoms with van der Waals surface area (Å²) in [6.07, 6.45) is 5.24. The summed E-state index contributed by atoms with van der Waals surface area (Å²) >= 11 is 0. The fraction of sp³-hybridized carbons (Fsp3) is 0.294. The summed E-state index contributed by atoms with van der Waals surface area (Å²) < 4.78 is 4.75. The van der Waals surface area contributed by atoms with Crippen LogP contribution in [0.2, 0.25) is 0 Å². The van der Waals surface area contributed by atoms with Gasteiger partial charge in [0.25, 0.3) is 0 Å². The van der Waals surface area contributed by atoms with Crippen molar-refractivity contribution in [2.75, 3.05) is 23.9 Å². The molecular formula is C17H21N5O3. The first kappa shape index (κ1) is 18.2. The van der Waals surface area contributed by atoms with Crippen molar-refractivity contribution in [1.82, 2.24) is 10.3 Å². The number of nitrogens with zero attached hydrogens (tertiary/aromatic N) is 2. The van der Waals surface area contributed by atoms with Crippen LogP contribution in [-0.4, -0.2) is 42.5 Å². The number of ether oxygens (including phenoxy) is 1. The van der Waals surface area contributed by atoms with E-state index in [1.54, 1.807) is 24.4 Å². The van der Waals surface area contributed by atoms with E-state index in [4.69, 9.17) is 10.1 Å². The average molecular weight is 343 g/mol. The molecule has 8 nitrogen and oxygen atoms in total. The smallest absolute Gasteiger partial charge is 0.324 e. The van der Waals surface area contributed by atoms with Gasteiger partial charge in [0.2, 0.25) is 11.8 Å². The number of amides is 3. The quantitative estimate of drug-likeness (QED) is 0.432. The fourth-order valence-corrected chi connectivity index (χ4v) is 2.34. The van der Waals surface area contributed by atoms with Gasteiger partial charge in [-0.3, -0.25) is 15.1 Å². The normalized spacial score (nSPS) is 14.5. The molecule has 1 aliphatic rings. The van der Waals surface area contributed by atoms with Crippen molar-refractivity contribution < 1.29 is 14.3 Å². The number of pyridine rings is 1. The van der Waals surface area contributed by atoms with Crippen LogP contribution >= 0.6 is 0 Å². The number of carbonyl (C=O) groups excluding carboxylic acids is 2. The average Bonchev–Trinajstić information content (AvgIpc) is 2.62. The molecule has 0 radical (unpaired) electrons. The van der Waals surface area contributed by atoms with E-state index < -0.39 is 6.03 Å². The summed E-state index contributed by atoms with van der Waals surface area (Å²) in [5.74, 6) is 0.112. The van der Waals surface area contributed by atoms with Crippen molar-refractivity contribution in [3.63, 3.8) is 0 Å². The zero-order valence-electron chi connectivity index (χ0n) is 14.2. The lowest BCUT2D eigenvalue weighted by molar-refractivity contribution is -0.115. The lowest BCUT2D eigenvalue weighted by atomic mass is 10.1. The summed E-state index contributed by atoms with van der Waals surface area (Å²) in [5.41, 5.74) is 1.12. The summed E-state index contributed by atoms with van der Waals surface area (Å²) in [6, 6.07) is 2.60. The van der Waals surface area contributed by atoms with Crippen molar-refractivity contribution >= 4 is 29.3 Å². The summed E-state index contributed by atoms with van der Waals surface area (Å²) in [4.78, 5) is 29.9. The van der Waals surface area contributed by atoms with Gasteiger partial charge < -0.3 is 15.4 Å². The van der Waals surface area contributed by atoms with Crippen LogP contribution in [0, 0.1) is 5.41 Å². The van der Waals surface area contributed by atoms with Crippen LogP contribution in [0.4, 0.5) is 16.3 Å². The molecule has 8 heteroatoms. The lowest BCUT2D eigenvalue weighted by Crippen LogP contribution is -2.50. The Labute approximate surface area is 146 Å². The fourth-order valence-electron chi connectivity index (χ4n) is 2.34. The minimum atomic E-state index is -0.432. The summed E-state index contributed by atoms with van der Waals surface area (Å²) in [6.45, 7) is 5.72. The number of urea groups is 1. The Balaban J connectivity index is 2.12. The van der Waals surface area contributed by atoms with Crippen molar-refractivity contribution in [2.45, 2.75) is 19.4 Å². The maximum absolute atomic E-state index is 12.6. The molecule has 2 heterocycles. The first-order chi connectivity index (χ1) is 12.0. The SMILES string of the molecule is C=C(C=CC(=N)OC)C(CC)NC(=O)N1CC(=O)Nc2cccnc21. The van der Waals surface area contributed by atoms with E-state index in [2.05, 4.69) is 22.2 Å². The molecular weight excluding hydrogens is 322 g/mol. The van der Waals surface area contributed by atoms with Crippen molar-refractivity contribution in [2.24, 2.45) is 0 Å². The topological polar surface area (TPSA) is 107 Å². The number of aromatic nitrogens is 1. The highest BCUT2D eigenvalue weighted by Crippen LogP contribution is 2.26. The van der Waals surface area contributed by atoms with Gasteiger partial charge in [-0.2, -0.15) is 0 Å². The minimum Gasteiger partial charge on any atom is -0.481 e. The predicted molar refractivity (Wildman–Crippen MR) is 95.8 cm³/mol. The van der Waals surface area contributed by atoms with Crippen LogP contribution in [0.5, 0.6) is 0 Å². The maximum atomic E-state index is 12.6. The molecule has 1 aliphatic heterocycles. The van der Waals surface area contributed by atoms with E-state index in [1.807, 2.05) is 6.92 Å². The number of rotatable bonds is 5. The van der Waals surface area contributed by atoms with Crippen molar-refractivity contribution in [3.8, 4) is 0 Å². The monoisotopic (exact) mass is 343 g/mol. The van der Waals surface area contributed by atoms with Crippen molar-refractivity contribution in [1.29, 1.82) is 5.41 Å². The number of hydrogen-bond acceptors (Lipinski definition) is 5. The Hall–Kier alpha value is -3.16. The van der Waals surface area contributed by atoms with Crippen molar-refractivity contribution in [3.05, 3.63) is 42.6 Å². The van der Waals surface area contributed by atoms with E-state index in [0.717, 1.165) is 0 Å². The largest absolute Gasteiger partial charge is 0.481 e. The molecule has 1 aromatic rings. The van der Waals surface area contributed by atoms with Gasteiger partial charge in [-0.15, -0.1) is 0 Å². The number of methoxy groups -OCH3 is 1. The molecule has 0 saturated heterocycles. The standard InChI is InChI=1S/C17H21N5O3/c1-4-12(11(2)7-8-14(18)25-3)21-17(24)22-10-15(23)20-13-6-5-9-19-16(13)22/h5-9,12,18H,2,4,10H2,1,3H3,(H,20,23)(H,21,24). The van der Waals surface area contributed by atoms with E-state index >= 15 is 0 Å². The van der Waals surface area contributed by atoms with E-state index in [9.17, 15) is 9.59 Å². The highest BCUT2D eigenvalue weighted by molar-refractivity contribution is 6.08. The van der Waals surface area contributed by atoms with Crippen LogP contribution in [0.3, 0.4) is 0 Å². The number of hydrogen-bond donors (Lipinski definition) is 3. The van der Waals surface area contributed by atoms with Crippen LogP contribution in [-0.2, 0) is 9.53 Å². The first-order valence-corrected chi connectivity index (χ1v) is 7.78. The third kappa shape index (κ3) is 4.43. The molecule has 2 rings (SSSR count). The van der Waals surface area contributed by atoms with E-state index in [1.165, 1.54) is 18.1 Å². The van der Waals surface area contributed by atoms with Gasteiger partial charge in [-0.05, 0) is 30.2 Å².